The number of thiocarbonyl (C=S) groups is 1. The van der Waals surface area contributed by atoms with Crippen LogP contribution in [0.1, 0.15) is 12.5 Å². The van der Waals surface area contributed by atoms with Gasteiger partial charge in [0.1, 0.15) is 0 Å². The zero-order valence-corrected chi connectivity index (χ0v) is 11.7. The standard InChI is InChI=1S/C16H16N2S/c1-12-11-13-7-5-6-10-15(13)18(12)16(19)17-14-8-3-2-4-9-14/h2-10,12H,11H2,1H3,(H,17,19)/t12-/m1/s1. The van der Waals surface area contributed by atoms with Crippen molar-refractivity contribution in [2.24, 2.45) is 0 Å². The van der Waals surface area contributed by atoms with E-state index in [-0.39, 0.29) is 0 Å². The molecule has 1 aliphatic heterocycles. The van der Waals surface area contributed by atoms with Crippen LogP contribution in [0, 0.1) is 0 Å². The summed E-state index contributed by atoms with van der Waals surface area (Å²) in [5.41, 5.74) is 3.62. The van der Waals surface area contributed by atoms with Crippen LogP contribution in [-0.2, 0) is 6.42 Å². The van der Waals surface area contributed by atoms with E-state index in [1.165, 1.54) is 11.3 Å². The maximum absolute atomic E-state index is 5.56. The summed E-state index contributed by atoms with van der Waals surface area (Å²) >= 11 is 5.56. The van der Waals surface area contributed by atoms with E-state index >= 15 is 0 Å². The predicted molar refractivity (Wildman–Crippen MR) is 84.7 cm³/mol. The molecule has 1 heterocycles. The average molecular weight is 268 g/mol. The molecule has 0 aliphatic carbocycles. The number of benzene rings is 2. The first kappa shape index (κ1) is 12.2. The van der Waals surface area contributed by atoms with Crippen LogP contribution in [0.3, 0.4) is 0 Å². The van der Waals surface area contributed by atoms with Gasteiger partial charge in [0.15, 0.2) is 5.11 Å². The van der Waals surface area contributed by atoms with E-state index in [1.54, 1.807) is 0 Å². The van der Waals surface area contributed by atoms with Gasteiger partial charge in [-0.1, -0.05) is 36.4 Å². The first-order valence-electron chi connectivity index (χ1n) is 6.49. The molecule has 0 saturated carbocycles. The van der Waals surface area contributed by atoms with Crippen molar-refractivity contribution in [1.29, 1.82) is 0 Å². The first-order valence-corrected chi connectivity index (χ1v) is 6.89. The number of rotatable bonds is 1. The molecule has 0 spiro atoms. The van der Waals surface area contributed by atoms with Gasteiger partial charge in [-0.3, -0.25) is 0 Å². The fourth-order valence-electron chi connectivity index (χ4n) is 2.58. The predicted octanol–water partition coefficient (Wildman–Crippen LogP) is 3.83. The van der Waals surface area contributed by atoms with Crippen LogP contribution in [0.2, 0.25) is 0 Å². The van der Waals surface area contributed by atoms with Gasteiger partial charge in [0.05, 0.1) is 0 Å². The molecule has 2 aromatic carbocycles. The summed E-state index contributed by atoms with van der Waals surface area (Å²) < 4.78 is 0. The van der Waals surface area contributed by atoms with E-state index in [1.807, 2.05) is 30.3 Å². The van der Waals surface area contributed by atoms with Crippen molar-refractivity contribution in [3.63, 3.8) is 0 Å². The van der Waals surface area contributed by atoms with E-state index in [9.17, 15) is 0 Å². The van der Waals surface area contributed by atoms with Crippen LogP contribution in [-0.4, -0.2) is 11.2 Å². The Bertz CT molecular complexity index is 595. The molecule has 19 heavy (non-hydrogen) atoms. The molecule has 1 N–H and O–H groups in total. The Morgan fingerprint density at radius 1 is 1.11 bits per heavy atom. The summed E-state index contributed by atoms with van der Waals surface area (Å²) in [6.07, 6.45) is 1.05. The lowest BCUT2D eigenvalue weighted by molar-refractivity contribution is 0.776. The maximum Gasteiger partial charge on any atom is 0.178 e. The third kappa shape index (κ3) is 2.34. The fourth-order valence-corrected chi connectivity index (χ4v) is 2.98. The van der Waals surface area contributed by atoms with Crippen LogP contribution >= 0.6 is 12.2 Å². The molecule has 0 saturated heterocycles. The van der Waals surface area contributed by atoms with Gasteiger partial charge in [0.2, 0.25) is 0 Å². The number of anilines is 2. The number of nitrogens with one attached hydrogen (secondary N) is 1. The Balaban J connectivity index is 1.84. The third-order valence-electron chi connectivity index (χ3n) is 3.45. The van der Waals surface area contributed by atoms with E-state index < -0.39 is 0 Å². The molecule has 0 bridgehead atoms. The lowest BCUT2D eigenvalue weighted by atomic mass is 10.1. The number of fused-ring (bicyclic) bond motifs is 1. The molecule has 96 valence electrons. The Kier molecular flexibility index (Phi) is 3.22. The van der Waals surface area contributed by atoms with Crippen molar-refractivity contribution < 1.29 is 0 Å². The molecular formula is C16H16N2S. The molecule has 2 nitrogen and oxygen atoms in total. The van der Waals surface area contributed by atoms with Gasteiger partial charge in [0, 0.05) is 17.4 Å². The minimum absolute atomic E-state index is 0.404. The molecular weight excluding hydrogens is 252 g/mol. The molecule has 3 rings (SSSR count). The zero-order valence-electron chi connectivity index (χ0n) is 10.8. The quantitative estimate of drug-likeness (QED) is 0.791. The summed E-state index contributed by atoms with van der Waals surface area (Å²) in [6, 6.07) is 18.9. The second kappa shape index (κ2) is 5.02. The van der Waals surface area contributed by atoms with Crippen molar-refractivity contribution in [3.05, 3.63) is 60.2 Å². The minimum Gasteiger partial charge on any atom is -0.332 e. The van der Waals surface area contributed by atoms with Gasteiger partial charge in [-0.25, -0.2) is 0 Å². The third-order valence-corrected chi connectivity index (χ3v) is 3.75. The van der Waals surface area contributed by atoms with Gasteiger partial charge in [-0.15, -0.1) is 0 Å². The number of hydrogen-bond acceptors (Lipinski definition) is 1. The molecule has 1 atom stereocenters. The van der Waals surface area contributed by atoms with E-state index in [0.717, 1.165) is 17.2 Å². The molecule has 0 aromatic heterocycles. The fraction of sp³-hybridized carbons (Fsp3) is 0.188. The zero-order chi connectivity index (χ0) is 13.2. The second-order valence-electron chi connectivity index (χ2n) is 4.85. The highest BCUT2D eigenvalue weighted by Crippen LogP contribution is 2.32. The Hall–Kier alpha value is -1.87. The summed E-state index contributed by atoms with van der Waals surface area (Å²) in [7, 11) is 0. The van der Waals surface area contributed by atoms with E-state index in [4.69, 9.17) is 12.2 Å². The minimum atomic E-state index is 0.404. The monoisotopic (exact) mass is 268 g/mol. The molecule has 0 amide bonds. The average Bonchev–Trinajstić information content (AvgIpc) is 2.75. The number of nitrogens with zero attached hydrogens (tertiary/aromatic N) is 1. The molecule has 2 aromatic rings. The van der Waals surface area contributed by atoms with Crippen LogP contribution in [0.15, 0.2) is 54.6 Å². The van der Waals surface area contributed by atoms with Gasteiger partial charge < -0.3 is 10.2 Å². The molecule has 0 radical (unpaired) electrons. The van der Waals surface area contributed by atoms with Gasteiger partial charge in [-0.2, -0.15) is 0 Å². The maximum atomic E-state index is 5.56. The number of hydrogen-bond donors (Lipinski definition) is 1. The van der Waals surface area contributed by atoms with Gasteiger partial charge >= 0.3 is 0 Å². The smallest absolute Gasteiger partial charge is 0.178 e. The largest absolute Gasteiger partial charge is 0.332 e. The molecule has 1 aliphatic rings. The highest BCUT2D eigenvalue weighted by Gasteiger charge is 2.28. The van der Waals surface area contributed by atoms with Crippen molar-refractivity contribution >= 4 is 28.7 Å². The van der Waals surface area contributed by atoms with Crippen molar-refractivity contribution in [1.82, 2.24) is 0 Å². The Morgan fingerprint density at radius 2 is 1.79 bits per heavy atom. The SMILES string of the molecule is C[C@@H]1Cc2ccccc2N1C(=S)Nc1ccccc1. The van der Waals surface area contributed by atoms with Gasteiger partial charge in [0.25, 0.3) is 0 Å². The van der Waals surface area contributed by atoms with E-state index in [0.29, 0.717) is 6.04 Å². The van der Waals surface area contributed by atoms with Crippen LogP contribution in [0.5, 0.6) is 0 Å². The molecule has 3 heteroatoms. The van der Waals surface area contributed by atoms with Crippen LogP contribution in [0.25, 0.3) is 0 Å². The van der Waals surface area contributed by atoms with E-state index in [2.05, 4.69) is 41.4 Å². The summed E-state index contributed by atoms with van der Waals surface area (Å²) in [5, 5.41) is 4.08. The first-order chi connectivity index (χ1) is 9.25. The lowest BCUT2D eigenvalue weighted by Gasteiger charge is -2.26. The summed E-state index contributed by atoms with van der Waals surface area (Å²) in [6.45, 7) is 2.21. The summed E-state index contributed by atoms with van der Waals surface area (Å²) in [4.78, 5) is 2.21. The van der Waals surface area contributed by atoms with Crippen LogP contribution in [0.4, 0.5) is 11.4 Å². The number of para-hydroxylation sites is 2. The second-order valence-corrected chi connectivity index (χ2v) is 5.23. The summed E-state index contributed by atoms with van der Waals surface area (Å²) in [5.74, 6) is 0. The van der Waals surface area contributed by atoms with Gasteiger partial charge in [-0.05, 0) is 49.3 Å². The Labute approximate surface area is 119 Å². The van der Waals surface area contributed by atoms with Crippen molar-refractivity contribution in [2.45, 2.75) is 19.4 Å². The lowest BCUT2D eigenvalue weighted by Crippen LogP contribution is -2.38. The van der Waals surface area contributed by atoms with Crippen molar-refractivity contribution in [3.8, 4) is 0 Å². The van der Waals surface area contributed by atoms with Crippen LogP contribution < -0.4 is 10.2 Å². The topological polar surface area (TPSA) is 15.3 Å². The van der Waals surface area contributed by atoms with Crippen molar-refractivity contribution in [2.75, 3.05) is 10.2 Å². The molecule has 0 fully saturated rings. The highest BCUT2D eigenvalue weighted by molar-refractivity contribution is 7.80. The normalized spacial score (nSPS) is 17.1. The Morgan fingerprint density at radius 3 is 2.58 bits per heavy atom. The molecule has 0 unspecified atom stereocenters. The highest BCUT2D eigenvalue weighted by atomic mass is 32.1.